The van der Waals surface area contributed by atoms with Crippen molar-refractivity contribution < 1.29 is 4.79 Å². The molecular weight excluding hydrogens is 290 g/mol. The summed E-state index contributed by atoms with van der Waals surface area (Å²) in [6.45, 7) is 5.50. The Balaban J connectivity index is 1.53. The van der Waals surface area contributed by atoms with Gasteiger partial charge in [0.2, 0.25) is 5.91 Å². The third-order valence-corrected chi connectivity index (χ3v) is 4.44. The van der Waals surface area contributed by atoms with Crippen LogP contribution in [0, 0.1) is 0 Å². The summed E-state index contributed by atoms with van der Waals surface area (Å²) in [5, 5.41) is 4.11. The summed E-state index contributed by atoms with van der Waals surface area (Å²) in [5.74, 6) is 0.183. The SMILES string of the molecule is C[C@@H](c1ccccn1)N1CCN(C(=O)Cc2cnn(C)c2)CC1. The predicted molar refractivity (Wildman–Crippen MR) is 87.7 cm³/mol. The first-order valence-electron chi connectivity index (χ1n) is 8.04. The van der Waals surface area contributed by atoms with E-state index in [-0.39, 0.29) is 11.9 Å². The topological polar surface area (TPSA) is 54.3 Å². The van der Waals surface area contributed by atoms with Gasteiger partial charge in [-0.25, -0.2) is 0 Å². The number of hydrogen-bond acceptors (Lipinski definition) is 4. The van der Waals surface area contributed by atoms with Crippen molar-refractivity contribution in [1.29, 1.82) is 0 Å². The van der Waals surface area contributed by atoms with Gasteiger partial charge in [0, 0.05) is 51.7 Å². The molecule has 122 valence electrons. The Morgan fingerprint density at radius 1 is 1.26 bits per heavy atom. The van der Waals surface area contributed by atoms with Crippen LogP contribution in [0.3, 0.4) is 0 Å². The molecule has 2 aromatic heterocycles. The number of nitrogens with zero attached hydrogens (tertiary/aromatic N) is 5. The number of pyridine rings is 1. The molecule has 0 spiro atoms. The minimum atomic E-state index is 0.183. The summed E-state index contributed by atoms with van der Waals surface area (Å²) in [5.41, 5.74) is 2.06. The minimum absolute atomic E-state index is 0.183. The van der Waals surface area contributed by atoms with Crippen molar-refractivity contribution >= 4 is 5.91 Å². The van der Waals surface area contributed by atoms with Crippen molar-refractivity contribution in [2.24, 2.45) is 7.05 Å². The van der Waals surface area contributed by atoms with E-state index in [0.29, 0.717) is 6.42 Å². The van der Waals surface area contributed by atoms with Gasteiger partial charge in [0.15, 0.2) is 0 Å². The number of hydrogen-bond donors (Lipinski definition) is 0. The summed E-state index contributed by atoms with van der Waals surface area (Å²) in [7, 11) is 1.87. The van der Waals surface area contributed by atoms with E-state index in [1.165, 1.54) is 0 Å². The molecule has 1 atom stereocenters. The molecule has 1 saturated heterocycles. The fourth-order valence-electron chi connectivity index (χ4n) is 3.02. The van der Waals surface area contributed by atoms with Gasteiger partial charge in [-0.15, -0.1) is 0 Å². The van der Waals surface area contributed by atoms with Gasteiger partial charge in [0.05, 0.1) is 18.3 Å². The third-order valence-electron chi connectivity index (χ3n) is 4.44. The predicted octanol–water partition coefficient (Wildman–Crippen LogP) is 1.26. The second-order valence-electron chi connectivity index (χ2n) is 6.05. The average Bonchev–Trinajstić information content (AvgIpc) is 3.00. The number of piperazine rings is 1. The van der Waals surface area contributed by atoms with Crippen LogP contribution in [0.2, 0.25) is 0 Å². The largest absolute Gasteiger partial charge is 0.340 e. The van der Waals surface area contributed by atoms with E-state index in [2.05, 4.69) is 28.0 Å². The molecule has 0 bridgehead atoms. The van der Waals surface area contributed by atoms with Crippen molar-refractivity contribution in [1.82, 2.24) is 24.6 Å². The first kappa shape index (κ1) is 15.7. The molecule has 3 heterocycles. The monoisotopic (exact) mass is 313 g/mol. The fraction of sp³-hybridized carbons (Fsp3) is 0.471. The Hall–Kier alpha value is -2.21. The highest BCUT2D eigenvalue weighted by atomic mass is 16.2. The van der Waals surface area contributed by atoms with E-state index >= 15 is 0 Å². The quantitative estimate of drug-likeness (QED) is 0.853. The van der Waals surface area contributed by atoms with Crippen molar-refractivity contribution in [2.75, 3.05) is 26.2 Å². The van der Waals surface area contributed by atoms with Gasteiger partial charge >= 0.3 is 0 Å². The Morgan fingerprint density at radius 3 is 2.65 bits per heavy atom. The maximum atomic E-state index is 12.4. The van der Waals surface area contributed by atoms with E-state index in [1.807, 2.05) is 36.5 Å². The summed E-state index contributed by atoms with van der Waals surface area (Å²) in [6, 6.07) is 6.30. The van der Waals surface area contributed by atoms with Gasteiger partial charge in [-0.3, -0.25) is 19.4 Å². The lowest BCUT2D eigenvalue weighted by atomic mass is 10.1. The van der Waals surface area contributed by atoms with Gasteiger partial charge in [-0.1, -0.05) is 6.07 Å². The van der Waals surface area contributed by atoms with Crippen LogP contribution >= 0.6 is 0 Å². The number of carbonyl (C=O) groups is 1. The molecule has 2 aromatic rings. The lowest BCUT2D eigenvalue weighted by Crippen LogP contribution is -2.49. The molecule has 1 fully saturated rings. The maximum absolute atomic E-state index is 12.4. The number of rotatable bonds is 4. The average molecular weight is 313 g/mol. The number of carbonyl (C=O) groups excluding carboxylic acids is 1. The molecule has 1 aliphatic rings. The zero-order valence-corrected chi connectivity index (χ0v) is 13.7. The number of amides is 1. The van der Waals surface area contributed by atoms with Crippen LogP contribution < -0.4 is 0 Å². The molecule has 0 radical (unpaired) electrons. The highest BCUT2D eigenvalue weighted by Crippen LogP contribution is 2.19. The third kappa shape index (κ3) is 3.76. The summed E-state index contributed by atoms with van der Waals surface area (Å²) < 4.78 is 1.73. The second kappa shape index (κ2) is 6.91. The second-order valence-corrected chi connectivity index (χ2v) is 6.05. The van der Waals surface area contributed by atoms with Gasteiger partial charge < -0.3 is 4.90 Å². The zero-order chi connectivity index (χ0) is 16.2. The van der Waals surface area contributed by atoms with Gasteiger partial charge in [-0.2, -0.15) is 5.10 Å². The van der Waals surface area contributed by atoms with Gasteiger partial charge in [-0.05, 0) is 24.6 Å². The van der Waals surface area contributed by atoms with Gasteiger partial charge in [0.1, 0.15) is 0 Å². The van der Waals surface area contributed by atoms with E-state index < -0.39 is 0 Å². The van der Waals surface area contributed by atoms with E-state index in [4.69, 9.17) is 0 Å². The van der Waals surface area contributed by atoms with Crippen molar-refractivity contribution in [3.05, 3.63) is 48.0 Å². The van der Waals surface area contributed by atoms with E-state index in [0.717, 1.165) is 37.4 Å². The van der Waals surface area contributed by atoms with E-state index in [9.17, 15) is 4.79 Å². The van der Waals surface area contributed by atoms with Crippen LogP contribution in [-0.2, 0) is 18.3 Å². The lowest BCUT2D eigenvalue weighted by Gasteiger charge is -2.37. The molecule has 1 aliphatic heterocycles. The summed E-state index contributed by atoms with van der Waals surface area (Å²) >= 11 is 0. The Bertz CT molecular complexity index is 646. The first-order chi connectivity index (χ1) is 11.1. The Morgan fingerprint density at radius 2 is 2.04 bits per heavy atom. The Kier molecular flexibility index (Phi) is 4.71. The molecule has 0 N–H and O–H groups in total. The summed E-state index contributed by atoms with van der Waals surface area (Å²) in [4.78, 5) is 21.2. The van der Waals surface area contributed by atoms with Crippen molar-refractivity contribution in [3.8, 4) is 0 Å². The molecule has 0 unspecified atom stereocenters. The van der Waals surface area contributed by atoms with Crippen LogP contribution in [-0.4, -0.2) is 56.7 Å². The normalized spacial score (nSPS) is 17.2. The molecular formula is C17H23N5O. The van der Waals surface area contributed by atoms with E-state index in [1.54, 1.807) is 10.9 Å². The molecule has 0 saturated carbocycles. The summed E-state index contributed by atoms with van der Waals surface area (Å²) in [6.07, 6.45) is 5.93. The molecule has 0 aliphatic carbocycles. The smallest absolute Gasteiger partial charge is 0.227 e. The highest BCUT2D eigenvalue weighted by molar-refractivity contribution is 5.78. The number of aromatic nitrogens is 3. The molecule has 0 aromatic carbocycles. The van der Waals surface area contributed by atoms with Gasteiger partial charge in [0.25, 0.3) is 0 Å². The molecule has 6 heteroatoms. The first-order valence-corrected chi connectivity index (χ1v) is 8.04. The molecule has 3 rings (SSSR count). The minimum Gasteiger partial charge on any atom is -0.340 e. The van der Waals surface area contributed by atoms with Crippen molar-refractivity contribution in [3.63, 3.8) is 0 Å². The molecule has 1 amide bonds. The maximum Gasteiger partial charge on any atom is 0.227 e. The zero-order valence-electron chi connectivity index (χ0n) is 13.7. The van der Waals surface area contributed by atoms with Crippen LogP contribution in [0.15, 0.2) is 36.8 Å². The molecule has 23 heavy (non-hydrogen) atoms. The molecule has 6 nitrogen and oxygen atoms in total. The van der Waals surface area contributed by atoms with Crippen LogP contribution in [0.1, 0.15) is 24.2 Å². The highest BCUT2D eigenvalue weighted by Gasteiger charge is 2.25. The lowest BCUT2D eigenvalue weighted by molar-refractivity contribution is -0.132. The Labute approximate surface area is 136 Å². The standard InChI is InChI=1S/C17H23N5O/c1-14(16-5-3-4-6-18-16)21-7-9-22(10-8-21)17(23)11-15-12-19-20(2)13-15/h3-6,12-14H,7-11H2,1-2H3/t14-/m0/s1. The van der Waals surface area contributed by atoms with Crippen LogP contribution in [0.25, 0.3) is 0 Å². The number of aryl methyl sites for hydroxylation is 1. The fourth-order valence-corrected chi connectivity index (χ4v) is 3.02. The van der Waals surface area contributed by atoms with Crippen LogP contribution in [0.4, 0.5) is 0 Å². The van der Waals surface area contributed by atoms with Crippen LogP contribution in [0.5, 0.6) is 0 Å². The van der Waals surface area contributed by atoms with Crippen molar-refractivity contribution in [2.45, 2.75) is 19.4 Å².